The molecular weight excluding hydrogens is 308 g/mol. The number of benzene rings is 2. The third-order valence-corrected chi connectivity index (χ3v) is 4.37. The van der Waals surface area contributed by atoms with Gasteiger partial charge in [-0.05, 0) is 42.5 Å². The van der Waals surface area contributed by atoms with Crippen molar-refractivity contribution in [3.63, 3.8) is 0 Å². The van der Waals surface area contributed by atoms with Crippen molar-refractivity contribution < 1.29 is 9.59 Å². The first-order valence-corrected chi connectivity index (χ1v) is 8.06. The number of carbonyl (C=O) groups excluding carboxylic acids is 2. The Balaban J connectivity index is 1.71. The minimum Gasteiger partial charge on any atom is -0.367 e. The molecule has 2 aromatic rings. The Morgan fingerprint density at radius 1 is 1.04 bits per heavy atom. The van der Waals surface area contributed by atoms with Crippen LogP contribution in [0.2, 0.25) is 0 Å². The van der Waals surface area contributed by atoms with E-state index in [-0.39, 0.29) is 17.8 Å². The molecule has 0 unspecified atom stereocenters. The highest BCUT2D eigenvalue weighted by atomic mass is 32.2. The van der Waals surface area contributed by atoms with E-state index in [1.54, 1.807) is 6.08 Å². The zero-order valence-corrected chi connectivity index (χ0v) is 13.5. The molecule has 1 aliphatic rings. The van der Waals surface area contributed by atoms with Crippen LogP contribution in [0.25, 0.3) is 6.08 Å². The number of thioether (sulfide) groups is 1. The van der Waals surface area contributed by atoms with Gasteiger partial charge in [-0.3, -0.25) is 14.5 Å². The lowest BCUT2D eigenvalue weighted by Gasteiger charge is -2.14. The molecule has 23 heavy (non-hydrogen) atoms. The summed E-state index contributed by atoms with van der Waals surface area (Å²) >= 11 is 0.975. The molecule has 2 aromatic carbocycles. The molecule has 0 spiro atoms. The van der Waals surface area contributed by atoms with E-state index >= 15 is 0 Å². The molecule has 1 fully saturated rings. The van der Waals surface area contributed by atoms with E-state index in [2.05, 4.69) is 5.32 Å². The van der Waals surface area contributed by atoms with Crippen LogP contribution in [0, 0.1) is 6.92 Å². The first-order chi connectivity index (χ1) is 11.1. The van der Waals surface area contributed by atoms with Crippen molar-refractivity contribution in [2.75, 3.05) is 12.0 Å². The number of nitrogens with zero attached hydrogens (tertiary/aromatic N) is 1. The number of para-hydroxylation sites is 1. The molecule has 5 heteroatoms. The number of hydrogen-bond acceptors (Lipinski definition) is 4. The average molecular weight is 324 g/mol. The van der Waals surface area contributed by atoms with Gasteiger partial charge >= 0.3 is 0 Å². The summed E-state index contributed by atoms with van der Waals surface area (Å²) in [4.78, 5) is 26.1. The predicted molar refractivity (Wildman–Crippen MR) is 93.9 cm³/mol. The van der Waals surface area contributed by atoms with Crippen molar-refractivity contribution in [2.45, 2.75) is 6.92 Å². The van der Waals surface area contributed by atoms with Gasteiger partial charge in [0, 0.05) is 5.69 Å². The SMILES string of the molecule is Cc1ccc(/C=C2\SC(=O)N(CNc3ccccc3)C2=O)cc1. The van der Waals surface area contributed by atoms with Gasteiger partial charge in [-0.1, -0.05) is 48.0 Å². The van der Waals surface area contributed by atoms with Gasteiger partial charge in [0.05, 0.1) is 11.6 Å². The molecule has 2 amide bonds. The summed E-state index contributed by atoms with van der Waals surface area (Å²) in [7, 11) is 0. The Morgan fingerprint density at radius 2 is 1.74 bits per heavy atom. The number of rotatable bonds is 4. The van der Waals surface area contributed by atoms with Crippen LogP contribution in [-0.4, -0.2) is 22.7 Å². The van der Waals surface area contributed by atoms with E-state index in [4.69, 9.17) is 0 Å². The molecule has 4 nitrogen and oxygen atoms in total. The quantitative estimate of drug-likeness (QED) is 0.860. The van der Waals surface area contributed by atoms with E-state index in [1.807, 2.05) is 61.5 Å². The highest BCUT2D eigenvalue weighted by molar-refractivity contribution is 8.18. The largest absolute Gasteiger partial charge is 0.367 e. The van der Waals surface area contributed by atoms with E-state index in [0.717, 1.165) is 28.6 Å². The minimum atomic E-state index is -0.260. The van der Waals surface area contributed by atoms with Crippen LogP contribution in [0.15, 0.2) is 59.5 Å². The molecule has 116 valence electrons. The van der Waals surface area contributed by atoms with Gasteiger partial charge in [-0.15, -0.1) is 0 Å². The van der Waals surface area contributed by atoms with Crippen LogP contribution in [0.1, 0.15) is 11.1 Å². The second-order valence-electron chi connectivity index (χ2n) is 5.22. The van der Waals surface area contributed by atoms with Gasteiger partial charge in [0.2, 0.25) is 0 Å². The van der Waals surface area contributed by atoms with Crippen molar-refractivity contribution in [3.05, 3.63) is 70.6 Å². The van der Waals surface area contributed by atoms with Gasteiger partial charge < -0.3 is 5.32 Å². The maximum absolute atomic E-state index is 12.4. The van der Waals surface area contributed by atoms with Gasteiger partial charge in [0.15, 0.2) is 0 Å². The van der Waals surface area contributed by atoms with Crippen LogP contribution >= 0.6 is 11.8 Å². The lowest BCUT2D eigenvalue weighted by Crippen LogP contribution is -2.33. The van der Waals surface area contributed by atoms with Gasteiger partial charge in [0.1, 0.15) is 0 Å². The number of carbonyl (C=O) groups is 2. The fourth-order valence-electron chi connectivity index (χ4n) is 2.18. The second-order valence-corrected chi connectivity index (χ2v) is 6.21. The van der Waals surface area contributed by atoms with Crippen molar-refractivity contribution in [3.8, 4) is 0 Å². The molecule has 0 aliphatic carbocycles. The summed E-state index contributed by atoms with van der Waals surface area (Å²) in [5.74, 6) is -0.260. The number of aryl methyl sites for hydroxylation is 1. The maximum atomic E-state index is 12.4. The Labute approximate surface area is 139 Å². The first-order valence-electron chi connectivity index (χ1n) is 7.24. The van der Waals surface area contributed by atoms with E-state index in [9.17, 15) is 9.59 Å². The molecule has 3 rings (SSSR count). The monoisotopic (exact) mass is 324 g/mol. The van der Waals surface area contributed by atoms with E-state index in [1.165, 1.54) is 4.90 Å². The summed E-state index contributed by atoms with van der Waals surface area (Å²) in [6.07, 6.45) is 1.76. The Morgan fingerprint density at radius 3 is 2.43 bits per heavy atom. The fourth-order valence-corrected chi connectivity index (χ4v) is 3.01. The molecule has 0 saturated carbocycles. The van der Waals surface area contributed by atoms with Gasteiger partial charge in [-0.25, -0.2) is 0 Å². The maximum Gasteiger partial charge on any atom is 0.295 e. The molecule has 1 aliphatic heterocycles. The number of hydrogen-bond donors (Lipinski definition) is 1. The van der Waals surface area contributed by atoms with Crippen LogP contribution in [0.4, 0.5) is 10.5 Å². The number of anilines is 1. The molecule has 0 atom stereocenters. The van der Waals surface area contributed by atoms with Crippen molar-refractivity contribution in [1.82, 2.24) is 4.90 Å². The lowest BCUT2D eigenvalue weighted by atomic mass is 10.1. The topological polar surface area (TPSA) is 49.4 Å². The highest BCUT2D eigenvalue weighted by Gasteiger charge is 2.34. The molecular formula is C18H16N2O2S. The number of amides is 2. The van der Waals surface area contributed by atoms with Crippen LogP contribution in [-0.2, 0) is 4.79 Å². The Hall–Kier alpha value is -2.53. The Bertz CT molecular complexity index is 754. The zero-order chi connectivity index (χ0) is 16.2. The van der Waals surface area contributed by atoms with Crippen LogP contribution in [0.5, 0.6) is 0 Å². The normalized spacial score (nSPS) is 16.2. The molecule has 1 heterocycles. The summed E-state index contributed by atoms with van der Waals surface area (Å²) in [6, 6.07) is 17.3. The highest BCUT2D eigenvalue weighted by Crippen LogP contribution is 2.32. The standard InChI is InChI=1S/C18H16N2O2S/c1-13-7-9-14(10-8-13)11-16-17(21)20(18(22)23-16)12-19-15-5-3-2-4-6-15/h2-11,19H,12H2,1H3/b16-11-. The van der Waals surface area contributed by atoms with Crippen molar-refractivity contribution >= 4 is 34.7 Å². The van der Waals surface area contributed by atoms with Crippen LogP contribution in [0.3, 0.4) is 0 Å². The summed E-state index contributed by atoms with van der Waals surface area (Å²) in [5.41, 5.74) is 2.94. The van der Waals surface area contributed by atoms with Crippen molar-refractivity contribution in [1.29, 1.82) is 0 Å². The fraction of sp³-hybridized carbons (Fsp3) is 0.111. The molecule has 0 bridgehead atoms. The first kappa shape index (κ1) is 15.4. The number of nitrogens with one attached hydrogen (secondary N) is 1. The molecule has 0 radical (unpaired) electrons. The average Bonchev–Trinajstić information content (AvgIpc) is 2.82. The zero-order valence-electron chi connectivity index (χ0n) is 12.7. The summed E-state index contributed by atoms with van der Waals surface area (Å²) < 4.78 is 0. The van der Waals surface area contributed by atoms with E-state index in [0.29, 0.717) is 4.91 Å². The van der Waals surface area contributed by atoms with Crippen molar-refractivity contribution in [2.24, 2.45) is 0 Å². The lowest BCUT2D eigenvalue weighted by molar-refractivity contribution is -0.122. The molecule has 1 N–H and O–H groups in total. The third kappa shape index (κ3) is 3.63. The van der Waals surface area contributed by atoms with Gasteiger partial charge in [0.25, 0.3) is 11.1 Å². The van der Waals surface area contributed by atoms with E-state index < -0.39 is 0 Å². The number of imide groups is 1. The molecule has 0 aromatic heterocycles. The van der Waals surface area contributed by atoms with Crippen LogP contribution < -0.4 is 5.32 Å². The van der Waals surface area contributed by atoms with Gasteiger partial charge in [-0.2, -0.15) is 0 Å². The smallest absolute Gasteiger partial charge is 0.295 e. The summed E-state index contributed by atoms with van der Waals surface area (Å²) in [6.45, 7) is 2.17. The predicted octanol–water partition coefficient (Wildman–Crippen LogP) is 4.10. The molecule has 1 saturated heterocycles. The summed E-state index contributed by atoms with van der Waals surface area (Å²) in [5, 5.41) is 2.83. The third-order valence-electron chi connectivity index (χ3n) is 3.46. The second kappa shape index (κ2) is 6.71. The minimum absolute atomic E-state index is 0.167. The Kier molecular flexibility index (Phi) is 4.48.